The van der Waals surface area contributed by atoms with Crippen molar-refractivity contribution in [3.8, 4) is 0 Å². The molecule has 0 radical (unpaired) electrons. The molecule has 0 heterocycles. The zero-order valence-corrected chi connectivity index (χ0v) is 10.6. The van der Waals surface area contributed by atoms with Crippen molar-refractivity contribution in [2.45, 2.75) is 11.3 Å². The number of hydrogen-bond acceptors (Lipinski definition) is 3. The molecule has 0 saturated heterocycles. The largest absolute Gasteiger partial charge is 0.385 e. The number of rotatable bonds is 6. The van der Waals surface area contributed by atoms with Crippen LogP contribution in [0.3, 0.4) is 0 Å². The average Bonchev–Trinajstić information content (AvgIpc) is 2.24. The Labute approximate surface area is 97.1 Å². The second-order valence-corrected chi connectivity index (χ2v) is 4.70. The molecule has 0 aliphatic carbocycles. The van der Waals surface area contributed by atoms with Gasteiger partial charge < -0.3 is 10.2 Å². The van der Waals surface area contributed by atoms with E-state index in [2.05, 4.69) is 54.8 Å². The normalized spacial score (nSPS) is 10.7. The van der Waals surface area contributed by atoms with Crippen LogP contribution in [0.1, 0.15) is 6.42 Å². The highest BCUT2D eigenvalue weighted by atomic mass is 32.2. The number of anilines is 1. The first-order valence-electron chi connectivity index (χ1n) is 5.25. The maximum Gasteiger partial charge on any atom is 0.0351 e. The van der Waals surface area contributed by atoms with Crippen LogP contribution in [0.5, 0.6) is 0 Å². The molecular formula is C12H20N2S. The van der Waals surface area contributed by atoms with Crippen LogP contribution in [0, 0.1) is 0 Å². The van der Waals surface area contributed by atoms with Crippen LogP contribution in [0.25, 0.3) is 0 Å². The Hall–Kier alpha value is -0.670. The molecular weight excluding hydrogens is 204 g/mol. The third-order valence-corrected chi connectivity index (χ3v) is 2.91. The van der Waals surface area contributed by atoms with Crippen LogP contribution in [-0.2, 0) is 0 Å². The number of nitrogens with zero attached hydrogens (tertiary/aromatic N) is 1. The van der Waals surface area contributed by atoms with Gasteiger partial charge in [-0.2, -0.15) is 0 Å². The topological polar surface area (TPSA) is 15.3 Å². The molecule has 1 aromatic carbocycles. The maximum absolute atomic E-state index is 3.43. The highest BCUT2D eigenvalue weighted by molar-refractivity contribution is 7.98. The first-order valence-corrected chi connectivity index (χ1v) is 6.47. The third kappa shape index (κ3) is 5.09. The van der Waals surface area contributed by atoms with Gasteiger partial charge in [-0.25, -0.2) is 0 Å². The second-order valence-electron chi connectivity index (χ2n) is 3.82. The summed E-state index contributed by atoms with van der Waals surface area (Å²) in [5, 5.41) is 3.43. The molecule has 3 heteroatoms. The van der Waals surface area contributed by atoms with Crippen molar-refractivity contribution in [2.24, 2.45) is 0 Å². The van der Waals surface area contributed by atoms with Crippen LogP contribution >= 0.6 is 11.8 Å². The lowest BCUT2D eigenvalue weighted by molar-refractivity contribution is 0.405. The van der Waals surface area contributed by atoms with E-state index in [1.165, 1.54) is 17.0 Å². The van der Waals surface area contributed by atoms with Gasteiger partial charge in [0, 0.05) is 17.1 Å². The molecule has 0 aliphatic heterocycles. The zero-order chi connectivity index (χ0) is 11.1. The average molecular weight is 224 g/mol. The van der Waals surface area contributed by atoms with Crippen molar-refractivity contribution < 1.29 is 0 Å². The van der Waals surface area contributed by atoms with Crippen molar-refractivity contribution in [3.05, 3.63) is 24.3 Å². The van der Waals surface area contributed by atoms with Gasteiger partial charge in [-0.3, -0.25) is 0 Å². The van der Waals surface area contributed by atoms with Crippen molar-refractivity contribution in [2.75, 3.05) is 38.8 Å². The summed E-state index contributed by atoms with van der Waals surface area (Å²) in [5.41, 5.74) is 1.22. The second kappa shape index (κ2) is 6.75. The van der Waals surface area contributed by atoms with Gasteiger partial charge in [0.25, 0.3) is 0 Å². The number of nitrogens with one attached hydrogen (secondary N) is 1. The van der Waals surface area contributed by atoms with E-state index >= 15 is 0 Å². The molecule has 0 bridgehead atoms. The van der Waals surface area contributed by atoms with Crippen molar-refractivity contribution in [3.63, 3.8) is 0 Å². The molecule has 84 valence electrons. The standard InChI is InChI=1S/C12H20N2S/c1-14(2)9-5-8-13-11-6-4-7-12(10-11)15-3/h4,6-7,10,13H,5,8-9H2,1-3H3. The fourth-order valence-electron chi connectivity index (χ4n) is 1.36. The van der Waals surface area contributed by atoms with E-state index < -0.39 is 0 Å². The van der Waals surface area contributed by atoms with Gasteiger partial charge in [-0.1, -0.05) is 6.07 Å². The van der Waals surface area contributed by atoms with Crippen LogP contribution in [0.2, 0.25) is 0 Å². The zero-order valence-electron chi connectivity index (χ0n) is 9.79. The molecule has 0 spiro atoms. The van der Waals surface area contributed by atoms with Crippen molar-refractivity contribution >= 4 is 17.4 Å². The van der Waals surface area contributed by atoms with E-state index in [9.17, 15) is 0 Å². The Morgan fingerprint density at radius 1 is 1.33 bits per heavy atom. The van der Waals surface area contributed by atoms with Crippen LogP contribution in [0.15, 0.2) is 29.2 Å². The molecule has 0 saturated carbocycles. The van der Waals surface area contributed by atoms with Gasteiger partial charge in [-0.15, -0.1) is 11.8 Å². The van der Waals surface area contributed by atoms with E-state index in [1.54, 1.807) is 11.8 Å². The predicted molar refractivity (Wildman–Crippen MR) is 69.9 cm³/mol. The van der Waals surface area contributed by atoms with Crippen molar-refractivity contribution in [1.29, 1.82) is 0 Å². The highest BCUT2D eigenvalue weighted by Gasteiger charge is 1.94. The first-order chi connectivity index (χ1) is 7.22. The monoisotopic (exact) mass is 224 g/mol. The van der Waals surface area contributed by atoms with Crippen LogP contribution in [0.4, 0.5) is 5.69 Å². The maximum atomic E-state index is 3.43. The molecule has 15 heavy (non-hydrogen) atoms. The summed E-state index contributed by atoms with van der Waals surface area (Å²) >= 11 is 1.78. The Morgan fingerprint density at radius 2 is 2.13 bits per heavy atom. The van der Waals surface area contributed by atoms with E-state index in [4.69, 9.17) is 0 Å². The SMILES string of the molecule is CSc1cccc(NCCCN(C)C)c1. The Morgan fingerprint density at radius 3 is 2.80 bits per heavy atom. The van der Waals surface area contributed by atoms with E-state index in [0.717, 1.165) is 13.1 Å². The van der Waals surface area contributed by atoms with Crippen LogP contribution < -0.4 is 5.32 Å². The first kappa shape index (κ1) is 12.4. The summed E-state index contributed by atoms with van der Waals surface area (Å²) in [6.07, 6.45) is 3.28. The number of hydrogen-bond donors (Lipinski definition) is 1. The van der Waals surface area contributed by atoms with Crippen molar-refractivity contribution in [1.82, 2.24) is 4.90 Å². The van der Waals surface area contributed by atoms with E-state index in [1.807, 2.05) is 0 Å². The quantitative estimate of drug-likeness (QED) is 0.591. The molecule has 0 atom stereocenters. The minimum Gasteiger partial charge on any atom is -0.385 e. The molecule has 0 fully saturated rings. The number of benzene rings is 1. The number of thioether (sulfide) groups is 1. The lowest BCUT2D eigenvalue weighted by atomic mass is 10.3. The molecule has 2 nitrogen and oxygen atoms in total. The van der Waals surface area contributed by atoms with Gasteiger partial charge in [0.2, 0.25) is 0 Å². The fraction of sp³-hybridized carbons (Fsp3) is 0.500. The Balaban J connectivity index is 2.30. The summed E-state index contributed by atoms with van der Waals surface area (Å²) in [7, 11) is 4.21. The van der Waals surface area contributed by atoms with Gasteiger partial charge in [0.1, 0.15) is 0 Å². The smallest absolute Gasteiger partial charge is 0.0351 e. The molecule has 1 N–H and O–H groups in total. The summed E-state index contributed by atoms with van der Waals surface area (Å²) in [4.78, 5) is 3.52. The molecule has 1 aromatic rings. The summed E-state index contributed by atoms with van der Waals surface area (Å²) in [6, 6.07) is 8.55. The Kier molecular flexibility index (Phi) is 5.58. The molecule has 0 aliphatic rings. The molecule has 0 unspecified atom stereocenters. The summed E-state index contributed by atoms with van der Waals surface area (Å²) in [6.45, 7) is 2.17. The van der Waals surface area contributed by atoms with Gasteiger partial charge in [0.15, 0.2) is 0 Å². The third-order valence-electron chi connectivity index (χ3n) is 2.18. The highest BCUT2D eigenvalue weighted by Crippen LogP contribution is 2.18. The van der Waals surface area contributed by atoms with Gasteiger partial charge in [0.05, 0.1) is 0 Å². The Bertz CT molecular complexity index is 287. The molecule has 0 amide bonds. The fourth-order valence-corrected chi connectivity index (χ4v) is 1.82. The van der Waals surface area contributed by atoms with E-state index in [-0.39, 0.29) is 0 Å². The van der Waals surface area contributed by atoms with Gasteiger partial charge >= 0.3 is 0 Å². The van der Waals surface area contributed by atoms with Crippen LogP contribution in [-0.4, -0.2) is 38.3 Å². The summed E-state index contributed by atoms with van der Waals surface area (Å²) in [5.74, 6) is 0. The minimum atomic E-state index is 1.04. The summed E-state index contributed by atoms with van der Waals surface area (Å²) < 4.78 is 0. The lowest BCUT2D eigenvalue weighted by Crippen LogP contribution is -2.16. The molecule has 1 rings (SSSR count). The molecule has 0 aromatic heterocycles. The minimum absolute atomic E-state index is 1.04. The van der Waals surface area contributed by atoms with Gasteiger partial charge in [-0.05, 0) is 51.5 Å². The van der Waals surface area contributed by atoms with E-state index in [0.29, 0.717) is 0 Å². The predicted octanol–water partition coefficient (Wildman–Crippen LogP) is 2.77. The lowest BCUT2D eigenvalue weighted by Gasteiger charge is -2.11.